The van der Waals surface area contributed by atoms with Crippen LogP contribution in [-0.4, -0.2) is 25.5 Å². The molecule has 0 bridgehead atoms. The molecule has 0 aromatic heterocycles. The van der Waals surface area contributed by atoms with Gasteiger partial charge in [0.05, 0.1) is 0 Å². The van der Waals surface area contributed by atoms with Crippen molar-refractivity contribution in [3.05, 3.63) is 29.8 Å². The van der Waals surface area contributed by atoms with Gasteiger partial charge in [-0.15, -0.1) is 0 Å². The molecule has 0 unspecified atom stereocenters. The van der Waals surface area contributed by atoms with Gasteiger partial charge < -0.3 is 10.2 Å². The van der Waals surface area contributed by atoms with E-state index in [1.165, 1.54) is 12.1 Å². The van der Waals surface area contributed by atoms with Gasteiger partial charge >= 0.3 is 0 Å². The SMILES string of the molecule is O=C(NC[C@H]1CCN(c2ccc(F)c(F)c2)C1)C1CCCC1. The molecule has 1 N–H and O–H groups in total. The molecule has 1 heterocycles. The predicted molar refractivity (Wildman–Crippen MR) is 81.6 cm³/mol. The van der Waals surface area contributed by atoms with Gasteiger partial charge in [0.1, 0.15) is 0 Å². The zero-order chi connectivity index (χ0) is 15.5. The van der Waals surface area contributed by atoms with E-state index in [9.17, 15) is 13.6 Å². The number of hydrogen-bond acceptors (Lipinski definition) is 2. The lowest BCUT2D eigenvalue weighted by molar-refractivity contribution is -0.124. The molecule has 0 spiro atoms. The zero-order valence-corrected chi connectivity index (χ0v) is 12.7. The van der Waals surface area contributed by atoms with Crippen LogP contribution in [0.4, 0.5) is 14.5 Å². The molecule has 1 aromatic carbocycles. The quantitative estimate of drug-likeness (QED) is 0.927. The van der Waals surface area contributed by atoms with E-state index in [1.807, 2.05) is 0 Å². The van der Waals surface area contributed by atoms with Crippen LogP contribution in [0.3, 0.4) is 0 Å². The molecule has 2 fully saturated rings. The molecule has 1 aromatic rings. The first-order valence-corrected chi connectivity index (χ1v) is 8.11. The van der Waals surface area contributed by atoms with Crippen LogP contribution in [0.25, 0.3) is 0 Å². The molecule has 120 valence electrons. The first kappa shape index (κ1) is 15.3. The van der Waals surface area contributed by atoms with Gasteiger partial charge in [-0.1, -0.05) is 12.8 Å². The lowest BCUT2D eigenvalue weighted by Gasteiger charge is -2.19. The van der Waals surface area contributed by atoms with Crippen LogP contribution >= 0.6 is 0 Å². The first-order valence-electron chi connectivity index (χ1n) is 8.11. The summed E-state index contributed by atoms with van der Waals surface area (Å²) in [4.78, 5) is 14.1. The van der Waals surface area contributed by atoms with E-state index in [0.29, 0.717) is 18.2 Å². The summed E-state index contributed by atoms with van der Waals surface area (Å²) in [5.74, 6) is -0.871. The molecule has 1 amide bonds. The summed E-state index contributed by atoms with van der Waals surface area (Å²) < 4.78 is 26.3. The summed E-state index contributed by atoms with van der Waals surface area (Å²) in [5.41, 5.74) is 0.712. The number of hydrogen-bond donors (Lipinski definition) is 1. The molecular formula is C17H22F2N2O. The van der Waals surface area contributed by atoms with E-state index in [1.54, 1.807) is 6.07 Å². The smallest absolute Gasteiger partial charge is 0.223 e. The monoisotopic (exact) mass is 308 g/mol. The van der Waals surface area contributed by atoms with Gasteiger partial charge in [-0.3, -0.25) is 4.79 Å². The van der Waals surface area contributed by atoms with E-state index in [2.05, 4.69) is 10.2 Å². The number of amides is 1. The Labute approximate surface area is 129 Å². The maximum absolute atomic E-state index is 13.3. The maximum atomic E-state index is 13.3. The molecule has 3 rings (SSSR count). The molecule has 1 saturated carbocycles. The average Bonchev–Trinajstić information content (AvgIpc) is 3.19. The number of anilines is 1. The van der Waals surface area contributed by atoms with Gasteiger partial charge in [-0.2, -0.15) is 0 Å². The highest BCUT2D eigenvalue weighted by Gasteiger charge is 2.26. The number of rotatable bonds is 4. The highest BCUT2D eigenvalue weighted by atomic mass is 19.2. The minimum Gasteiger partial charge on any atom is -0.371 e. The van der Waals surface area contributed by atoms with Crippen molar-refractivity contribution in [2.24, 2.45) is 11.8 Å². The van der Waals surface area contributed by atoms with Crippen molar-refractivity contribution >= 4 is 11.6 Å². The maximum Gasteiger partial charge on any atom is 0.223 e. The van der Waals surface area contributed by atoms with Crippen molar-refractivity contribution in [3.8, 4) is 0 Å². The third kappa shape index (κ3) is 3.39. The van der Waals surface area contributed by atoms with Crippen LogP contribution in [-0.2, 0) is 4.79 Å². The molecule has 22 heavy (non-hydrogen) atoms. The van der Waals surface area contributed by atoms with Crippen molar-refractivity contribution in [2.45, 2.75) is 32.1 Å². The Kier molecular flexibility index (Phi) is 4.60. The fourth-order valence-corrected chi connectivity index (χ4v) is 3.49. The highest BCUT2D eigenvalue weighted by molar-refractivity contribution is 5.78. The molecule has 2 aliphatic rings. The second-order valence-electron chi connectivity index (χ2n) is 6.43. The lowest BCUT2D eigenvalue weighted by Crippen LogP contribution is -2.34. The average molecular weight is 308 g/mol. The van der Waals surface area contributed by atoms with E-state index in [-0.39, 0.29) is 11.8 Å². The molecule has 5 heteroatoms. The van der Waals surface area contributed by atoms with E-state index in [4.69, 9.17) is 0 Å². The van der Waals surface area contributed by atoms with Crippen LogP contribution in [0.1, 0.15) is 32.1 Å². The lowest BCUT2D eigenvalue weighted by atomic mass is 10.1. The Hall–Kier alpha value is -1.65. The Morgan fingerprint density at radius 3 is 2.68 bits per heavy atom. The third-order valence-electron chi connectivity index (χ3n) is 4.85. The Morgan fingerprint density at radius 1 is 1.18 bits per heavy atom. The number of halogens is 2. The third-order valence-corrected chi connectivity index (χ3v) is 4.85. The van der Waals surface area contributed by atoms with Crippen LogP contribution in [0.2, 0.25) is 0 Å². The second kappa shape index (κ2) is 6.63. The Balaban J connectivity index is 1.49. The second-order valence-corrected chi connectivity index (χ2v) is 6.43. The Morgan fingerprint density at radius 2 is 1.95 bits per heavy atom. The number of carbonyl (C=O) groups is 1. The number of nitrogens with zero attached hydrogens (tertiary/aromatic N) is 1. The van der Waals surface area contributed by atoms with E-state index in [0.717, 1.165) is 45.2 Å². The largest absolute Gasteiger partial charge is 0.371 e. The highest BCUT2D eigenvalue weighted by Crippen LogP contribution is 2.26. The molecular weight excluding hydrogens is 286 g/mol. The van der Waals surface area contributed by atoms with Crippen LogP contribution in [0, 0.1) is 23.5 Å². The van der Waals surface area contributed by atoms with Crippen molar-refractivity contribution in [1.29, 1.82) is 0 Å². The van der Waals surface area contributed by atoms with Crippen LogP contribution < -0.4 is 10.2 Å². The summed E-state index contributed by atoms with van der Waals surface area (Å²) in [6, 6.07) is 4.02. The van der Waals surface area contributed by atoms with Crippen molar-refractivity contribution in [3.63, 3.8) is 0 Å². The fourth-order valence-electron chi connectivity index (χ4n) is 3.49. The van der Waals surface area contributed by atoms with Gasteiger partial charge in [0.15, 0.2) is 11.6 Å². The van der Waals surface area contributed by atoms with Gasteiger partial charge in [0.25, 0.3) is 0 Å². The topological polar surface area (TPSA) is 32.3 Å². The Bertz CT molecular complexity index is 543. The minimum atomic E-state index is -0.816. The molecule has 1 aliphatic heterocycles. The summed E-state index contributed by atoms with van der Waals surface area (Å²) in [5, 5.41) is 3.06. The van der Waals surface area contributed by atoms with Crippen LogP contribution in [0.5, 0.6) is 0 Å². The van der Waals surface area contributed by atoms with Crippen molar-refractivity contribution in [1.82, 2.24) is 5.32 Å². The molecule has 1 aliphatic carbocycles. The molecule has 1 saturated heterocycles. The van der Waals surface area contributed by atoms with Gasteiger partial charge in [0, 0.05) is 37.3 Å². The van der Waals surface area contributed by atoms with Gasteiger partial charge in [-0.05, 0) is 37.3 Å². The number of benzene rings is 1. The number of carbonyl (C=O) groups excluding carboxylic acids is 1. The van der Waals surface area contributed by atoms with Gasteiger partial charge in [-0.25, -0.2) is 8.78 Å². The van der Waals surface area contributed by atoms with E-state index < -0.39 is 11.6 Å². The number of nitrogens with one attached hydrogen (secondary N) is 1. The summed E-state index contributed by atoms with van der Waals surface area (Å²) in [6.07, 6.45) is 5.30. The summed E-state index contributed by atoms with van der Waals surface area (Å²) >= 11 is 0. The van der Waals surface area contributed by atoms with Crippen LogP contribution in [0.15, 0.2) is 18.2 Å². The van der Waals surface area contributed by atoms with Gasteiger partial charge in [0.2, 0.25) is 5.91 Å². The van der Waals surface area contributed by atoms with E-state index >= 15 is 0 Å². The summed E-state index contributed by atoms with van der Waals surface area (Å²) in [7, 11) is 0. The predicted octanol–water partition coefficient (Wildman–Crippen LogP) is 3.10. The zero-order valence-electron chi connectivity index (χ0n) is 12.7. The molecule has 0 radical (unpaired) electrons. The molecule has 3 nitrogen and oxygen atoms in total. The van der Waals surface area contributed by atoms with Crippen molar-refractivity contribution < 1.29 is 13.6 Å². The van der Waals surface area contributed by atoms with Crippen molar-refractivity contribution in [2.75, 3.05) is 24.5 Å². The normalized spacial score (nSPS) is 22.3. The summed E-state index contributed by atoms with van der Waals surface area (Å²) in [6.45, 7) is 2.26. The minimum absolute atomic E-state index is 0.184. The molecule has 1 atom stereocenters. The first-order chi connectivity index (χ1) is 10.6. The fraction of sp³-hybridized carbons (Fsp3) is 0.588. The standard InChI is InChI=1S/C17H22F2N2O/c18-15-6-5-14(9-16(15)19)21-8-7-12(11-21)10-20-17(22)13-3-1-2-4-13/h5-6,9,12-13H,1-4,7-8,10-11H2,(H,20,22)/t12-/m1/s1.